The summed E-state index contributed by atoms with van der Waals surface area (Å²) in [6, 6.07) is 5.30. The number of imidazole rings is 1. The van der Waals surface area contributed by atoms with Crippen LogP contribution in [0.4, 0.5) is 13.2 Å². The number of alkyl halides is 3. The van der Waals surface area contributed by atoms with Gasteiger partial charge >= 0.3 is 6.18 Å². The van der Waals surface area contributed by atoms with Crippen molar-refractivity contribution in [2.45, 2.75) is 6.18 Å². The van der Waals surface area contributed by atoms with Gasteiger partial charge in [0.2, 0.25) is 0 Å². The van der Waals surface area contributed by atoms with Crippen molar-refractivity contribution >= 4 is 39.1 Å². The molecule has 24 heavy (non-hydrogen) atoms. The Morgan fingerprint density at radius 3 is 2.33 bits per heavy atom. The van der Waals surface area contributed by atoms with E-state index < -0.39 is 11.9 Å². The molecular formula is C14H6BrCl2F3N4. The van der Waals surface area contributed by atoms with Crippen LogP contribution in [0.1, 0.15) is 5.69 Å². The second-order valence-corrected chi connectivity index (χ2v) is 6.29. The molecule has 0 unspecified atom stereocenters. The highest BCUT2D eigenvalue weighted by Gasteiger charge is 2.34. The zero-order valence-corrected chi connectivity index (χ0v) is 14.6. The Kier molecular flexibility index (Phi) is 4.54. The molecule has 0 aliphatic carbocycles. The van der Waals surface area contributed by atoms with Gasteiger partial charge in [-0.25, -0.2) is 15.0 Å². The number of hydrogen-bond donors (Lipinski definition) is 1. The minimum Gasteiger partial charge on any atom is -0.341 e. The molecule has 2 aromatic heterocycles. The monoisotopic (exact) mass is 436 g/mol. The quantitative estimate of drug-likeness (QED) is 0.565. The van der Waals surface area contributed by atoms with E-state index in [-0.39, 0.29) is 22.4 Å². The van der Waals surface area contributed by atoms with Crippen molar-refractivity contribution in [2.24, 2.45) is 0 Å². The van der Waals surface area contributed by atoms with Gasteiger partial charge in [-0.3, -0.25) is 0 Å². The summed E-state index contributed by atoms with van der Waals surface area (Å²) in [5.74, 6) is -0.0779. The molecule has 1 aromatic carbocycles. The van der Waals surface area contributed by atoms with Crippen LogP contribution >= 0.6 is 39.1 Å². The molecule has 0 atom stereocenters. The molecule has 0 aliphatic rings. The van der Waals surface area contributed by atoms with Crippen LogP contribution in [0.25, 0.3) is 22.9 Å². The van der Waals surface area contributed by atoms with Gasteiger partial charge in [0, 0.05) is 11.8 Å². The van der Waals surface area contributed by atoms with Gasteiger partial charge in [0.1, 0.15) is 10.3 Å². The fraction of sp³-hybridized carbons (Fsp3) is 0.0714. The molecule has 0 fully saturated rings. The second-order valence-electron chi connectivity index (χ2n) is 4.66. The molecule has 10 heteroatoms. The molecular weight excluding hydrogens is 432 g/mol. The van der Waals surface area contributed by atoms with E-state index >= 15 is 0 Å². The first-order valence-electron chi connectivity index (χ1n) is 6.37. The summed E-state index contributed by atoms with van der Waals surface area (Å²) in [6.07, 6.45) is -3.16. The van der Waals surface area contributed by atoms with Crippen molar-refractivity contribution in [3.8, 4) is 22.9 Å². The summed E-state index contributed by atoms with van der Waals surface area (Å²) in [6.45, 7) is 0. The Balaban J connectivity index is 2.19. The van der Waals surface area contributed by atoms with E-state index in [1.165, 1.54) is 24.4 Å². The largest absolute Gasteiger partial charge is 0.433 e. The lowest BCUT2D eigenvalue weighted by atomic mass is 10.1. The van der Waals surface area contributed by atoms with Crippen molar-refractivity contribution in [2.75, 3.05) is 0 Å². The van der Waals surface area contributed by atoms with Gasteiger partial charge in [0.05, 0.1) is 15.7 Å². The fourth-order valence-electron chi connectivity index (χ4n) is 1.92. The number of aromatic amines is 1. The van der Waals surface area contributed by atoms with Crippen LogP contribution in [0.3, 0.4) is 0 Å². The number of H-pyrrole nitrogens is 1. The van der Waals surface area contributed by atoms with Crippen LogP contribution in [-0.4, -0.2) is 19.9 Å². The zero-order chi connectivity index (χ0) is 17.5. The number of aromatic nitrogens is 4. The molecule has 0 radical (unpaired) electrons. The van der Waals surface area contributed by atoms with Crippen LogP contribution in [0, 0.1) is 0 Å². The highest BCUT2D eigenvalue weighted by Crippen LogP contribution is 2.33. The highest BCUT2D eigenvalue weighted by molar-refractivity contribution is 9.10. The van der Waals surface area contributed by atoms with Crippen LogP contribution in [-0.2, 0) is 6.18 Å². The molecule has 124 valence electrons. The molecule has 0 saturated heterocycles. The lowest BCUT2D eigenvalue weighted by Gasteiger charge is -2.10. The number of rotatable bonds is 2. The Morgan fingerprint density at radius 2 is 1.75 bits per heavy atom. The van der Waals surface area contributed by atoms with Crippen molar-refractivity contribution < 1.29 is 13.2 Å². The van der Waals surface area contributed by atoms with E-state index in [0.717, 1.165) is 6.07 Å². The van der Waals surface area contributed by atoms with Gasteiger partial charge in [-0.1, -0.05) is 29.3 Å². The van der Waals surface area contributed by atoms with Gasteiger partial charge in [0.15, 0.2) is 11.6 Å². The summed E-state index contributed by atoms with van der Waals surface area (Å²) < 4.78 is 39.9. The van der Waals surface area contributed by atoms with Gasteiger partial charge < -0.3 is 4.98 Å². The summed E-state index contributed by atoms with van der Waals surface area (Å²) >= 11 is 14.9. The van der Waals surface area contributed by atoms with Crippen LogP contribution < -0.4 is 0 Å². The lowest BCUT2D eigenvalue weighted by Crippen LogP contribution is -2.10. The number of nitrogens with zero attached hydrogens (tertiary/aromatic N) is 3. The average molecular weight is 438 g/mol. The predicted octanol–water partition coefficient (Wildman–Crippen LogP) is 5.62. The van der Waals surface area contributed by atoms with E-state index in [4.69, 9.17) is 23.2 Å². The highest BCUT2D eigenvalue weighted by atomic mass is 79.9. The van der Waals surface area contributed by atoms with Crippen molar-refractivity contribution in [1.29, 1.82) is 0 Å². The molecule has 1 N–H and O–H groups in total. The maximum atomic E-state index is 13.2. The maximum absolute atomic E-state index is 13.2. The molecule has 0 bridgehead atoms. The normalized spacial score (nSPS) is 11.8. The van der Waals surface area contributed by atoms with Crippen molar-refractivity contribution in [1.82, 2.24) is 19.9 Å². The minimum absolute atomic E-state index is 0.0541. The minimum atomic E-state index is -4.63. The third-order valence-corrected chi connectivity index (χ3v) is 4.14. The predicted molar refractivity (Wildman–Crippen MR) is 87.8 cm³/mol. The molecule has 0 spiro atoms. The van der Waals surface area contributed by atoms with Gasteiger partial charge in [-0.05, 0) is 34.1 Å². The summed E-state index contributed by atoms with van der Waals surface area (Å²) in [4.78, 5) is 14.4. The van der Waals surface area contributed by atoms with Crippen LogP contribution in [0.15, 0.2) is 35.1 Å². The molecule has 4 nitrogen and oxygen atoms in total. The van der Waals surface area contributed by atoms with E-state index in [1.54, 1.807) is 0 Å². The van der Waals surface area contributed by atoms with Gasteiger partial charge in [0.25, 0.3) is 0 Å². The number of halogens is 6. The van der Waals surface area contributed by atoms with E-state index in [1.807, 2.05) is 0 Å². The van der Waals surface area contributed by atoms with Crippen LogP contribution in [0.5, 0.6) is 0 Å². The van der Waals surface area contributed by atoms with Crippen molar-refractivity contribution in [3.05, 3.63) is 50.8 Å². The zero-order valence-electron chi connectivity index (χ0n) is 11.5. The third kappa shape index (κ3) is 3.55. The van der Waals surface area contributed by atoms with Gasteiger partial charge in [-0.15, -0.1) is 0 Å². The third-order valence-electron chi connectivity index (χ3n) is 2.99. The summed E-state index contributed by atoms with van der Waals surface area (Å²) in [5.41, 5.74) is -0.649. The maximum Gasteiger partial charge on any atom is 0.433 e. The number of nitrogens with one attached hydrogen (secondary N) is 1. The Morgan fingerprint density at radius 1 is 1.00 bits per heavy atom. The first kappa shape index (κ1) is 17.2. The summed E-state index contributed by atoms with van der Waals surface area (Å²) in [5, 5.41) is 0.504. The lowest BCUT2D eigenvalue weighted by molar-refractivity contribution is -0.141. The Hall–Kier alpha value is -1.64. The molecule has 0 saturated carbocycles. The van der Waals surface area contributed by atoms with E-state index in [0.29, 0.717) is 15.2 Å². The standard InChI is InChI=1S/C14H6BrCl2F3N4/c15-11-5-21-12(24-11)13-22-9(4-10(23-13)14(18,19)20)6-1-2-7(16)8(17)3-6/h1-5H,(H,21,24). The second kappa shape index (κ2) is 6.34. The van der Waals surface area contributed by atoms with Gasteiger partial charge in [-0.2, -0.15) is 13.2 Å². The molecule has 0 amide bonds. The molecule has 0 aliphatic heterocycles. The number of benzene rings is 1. The van der Waals surface area contributed by atoms with E-state index in [2.05, 4.69) is 35.9 Å². The molecule has 3 aromatic rings. The fourth-order valence-corrected chi connectivity index (χ4v) is 2.51. The molecule has 3 rings (SSSR count). The van der Waals surface area contributed by atoms with E-state index in [9.17, 15) is 13.2 Å². The Labute approximate surface area is 152 Å². The first-order valence-corrected chi connectivity index (χ1v) is 7.92. The SMILES string of the molecule is FC(F)(F)c1cc(-c2ccc(Cl)c(Cl)c2)nc(-c2nc(Br)c[nH]2)n1. The van der Waals surface area contributed by atoms with Crippen molar-refractivity contribution in [3.63, 3.8) is 0 Å². The summed E-state index contributed by atoms with van der Waals surface area (Å²) in [7, 11) is 0. The number of hydrogen-bond acceptors (Lipinski definition) is 3. The van der Waals surface area contributed by atoms with Crippen LogP contribution in [0.2, 0.25) is 10.0 Å². The average Bonchev–Trinajstić information content (AvgIpc) is 2.95. The smallest absolute Gasteiger partial charge is 0.341 e. The molecule has 2 heterocycles. The topological polar surface area (TPSA) is 54.5 Å². The Bertz CT molecular complexity index is 911. The first-order chi connectivity index (χ1) is 11.2.